The van der Waals surface area contributed by atoms with Gasteiger partial charge >= 0.3 is 0 Å². The molecule has 3 aromatic rings. The summed E-state index contributed by atoms with van der Waals surface area (Å²) in [6, 6.07) is 13.3. The van der Waals surface area contributed by atoms with Crippen molar-refractivity contribution in [2.24, 2.45) is 7.05 Å². The Morgan fingerprint density at radius 2 is 1.81 bits per heavy atom. The lowest BCUT2D eigenvalue weighted by atomic mass is 10.1. The van der Waals surface area contributed by atoms with Crippen LogP contribution in [0.2, 0.25) is 0 Å². The minimum Gasteiger partial charge on any atom is -0.365 e. The molecule has 0 bridgehead atoms. The molecule has 0 aliphatic carbocycles. The summed E-state index contributed by atoms with van der Waals surface area (Å²) in [5, 5.41) is 0. The molecule has 0 spiro atoms. The lowest BCUT2D eigenvalue weighted by molar-refractivity contribution is -0.145. The largest absolute Gasteiger partial charge is 0.365 e. The highest BCUT2D eigenvalue weighted by atomic mass is 16.5. The monoisotopic (exact) mass is 417 g/mol. The van der Waals surface area contributed by atoms with Crippen LogP contribution in [0.5, 0.6) is 0 Å². The number of carbonyl (C=O) groups excluding carboxylic acids is 1. The summed E-state index contributed by atoms with van der Waals surface area (Å²) in [6.45, 7) is 2.51. The van der Waals surface area contributed by atoms with Gasteiger partial charge in [-0.15, -0.1) is 0 Å². The number of pyridine rings is 1. The number of morpholine rings is 1. The molecule has 4 heterocycles. The Labute approximate surface area is 179 Å². The third kappa shape index (κ3) is 3.70. The van der Waals surface area contributed by atoms with Crippen LogP contribution in [0.4, 0.5) is 5.95 Å². The van der Waals surface area contributed by atoms with Crippen molar-refractivity contribution < 1.29 is 9.53 Å². The van der Waals surface area contributed by atoms with Crippen LogP contribution in [0.1, 0.15) is 11.1 Å². The van der Waals surface area contributed by atoms with Gasteiger partial charge in [-0.3, -0.25) is 19.1 Å². The summed E-state index contributed by atoms with van der Waals surface area (Å²) < 4.78 is 7.35. The summed E-state index contributed by atoms with van der Waals surface area (Å²) in [5.41, 5.74) is 3.62. The van der Waals surface area contributed by atoms with Gasteiger partial charge in [0.05, 0.1) is 18.8 Å². The normalized spacial score (nSPS) is 18.2. The zero-order chi connectivity index (χ0) is 21.4. The van der Waals surface area contributed by atoms with E-state index < -0.39 is 6.10 Å². The first-order chi connectivity index (χ1) is 15.1. The Hall–Kier alpha value is -3.52. The minimum absolute atomic E-state index is 0.0313. The summed E-state index contributed by atoms with van der Waals surface area (Å²) >= 11 is 0. The maximum atomic E-state index is 13.2. The maximum absolute atomic E-state index is 13.2. The number of fused-ring (bicyclic) bond motifs is 1. The molecule has 1 atom stereocenters. The first-order valence-corrected chi connectivity index (χ1v) is 10.3. The molecule has 31 heavy (non-hydrogen) atoms. The highest BCUT2D eigenvalue weighted by Gasteiger charge is 2.34. The number of hydrogen-bond acceptors (Lipinski definition) is 6. The number of rotatable bonds is 3. The van der Waals surface area contributed by atoms with Gasteiger partial charge in [-0.05, 0) is 23.3 Å². The van der Waals surface area contributed by atoms with E-state index in [2.05, 4.69) is 17.1 Å². The van der Waals surface area contributed by atoms with Crippen LogP contribution in [-0.4, -0.2) is 51.1 Å². The molecule has 0 radical (unpaired) electrons. The van der Waals surface area contributed by atoms with E-state index in [9.17, 15) is 9.59 Å². The summed E-state index contributed by atoms with van der Waals surface area (Å²) in [5.74, 6) is 0.501. The summed E-state index contributed by atoms with van der Waals surface area (Å²) in [7, 11) is 1.70. The van der Waals surface area contributed by atoms with E-state index in [4.69, 9.17) is 9.72 Å². The zero-order valence-electron chi connectivity index (χ0n) is 17.3. The van der Waals surface area contributed by atoms with Gasteiger partial charge < -0.3 is 14.5 Å². The highest BCUT2D eigenvalue weighted by molar-refractivity contribution is 5.82. The summed E-state index contributed by atoms with van der Waals surface area (Å²) in [6.07, 6.45) is 2.75. The molecule has 1 aromatic carbocycles. The van der Waals surface area contributed by atoms with Crippen molar-refractivity contribution in [2.45, 2.75) is 19.2 Å². The Balaban J connectivity index is 1.38. The third-order valence-electron chi connectivity index (χ3n) is 5.86. The number of amides is 1. The molecule has 158 valence electrons. The van der Waals surface area contributed by atoms with E-state index in [1.807, 2.05) is 34.1 Å². The van der Waals surface area contributed by atoms with Crippen LogP contribution in [0, 0.1) is 0 Å². The van der Waals surface area contributed by atoms with E-state index in [0.717, 1.165) is 5.56 Å². The Morgan fingerprint density at radius 3 is 2.52 bits per heavy atom. The molecule has 1 fully saturated rings. The van der Waals surface area contributed by atoms with Crippen LogP contribution in [0.15, 0.2) is 59.7 Å². The molecule has 2 aliphatic rings. The molecular weight excluding hydrogens is 394 g/mol. The van der Waals surface area contributed by atoms with Crippen molar-refractivity contribution in [3.05, 3.63) is 76.3 Å². The maximum Gasteiger partial charge on any atom is 0.255 e. The van der Waals surface area contributed by atoms with Gasteiger partial charge in [0.15, 0.2) is 6.10 Å². The lowest BCUT2D eigenvalue weighted by Gasteiger charge is -2.35. The number of anilines is 1. The average Bonchev–Trinajstić information content (AvgIpc) is 3.25. The number of hydrogen-bond donors (Lipinski definition) is 0. The van der Waals surface area contributed by atoms with Gasteiger partial charge in [-0.1, -0.05) is 24.3 Å². The van der Waals surface area contributed by atoms with E-state index in [-0.39, 0.29) is 11.5 Å². The molecule has 8 nitrogen and oxygen atoms in total. The van der Waals surface area contributed by atoms with Crippen molar-refractivity contribution in [1.29, 1.82) is 0 Å². The molecule has 0 saturated carbocycles. The smallest absolute Gasteiger partial charge is 0.255 e. The fraction of sp³-hybridized carbons (Fsp3) is 0.304. The van der Waals surface area contributed by atoms with Gasteiger partial charge in [0.1, 0.15) is 0 Å². The molecule has 1 saturated heterocycles. The SMILES string of the molecule is Cn1c(N2CCOC(C(=O)N3Cc4ccccc4C3)C2)nc(-c2ccncc2)cc1=O. The fourth-order valence-corrected chi connectivity index (χ4v) is 4.15. The second-order valence-corrected chi connectivity index (χ2v) is 7.84. The number of ether oxygens (including phenoxy) is 1. The quantitative estimate of drug-likeness (QED) is 0.644. The molecular formula is C23H23N5O3. The van der Waals surface area contributed by atoms with Crippen molar-refractivity contribution in [2.75, 3.05) is 24.6 Å². The van der Waals surface area contributed by atoms with Crippen LogP contribution >= 0.6 is 0 Å². The number of nitrogens with zero attached hydrogens (tertiary/aromatic N) is 5. The summed E-state index contributed by atoms with van der Waals surface area (Å²) in [4.78, 5) is 38.3. The predicted molar refractivity (Wildman–Crippen MR) is 115 cm³/mol. The third-order valence-corrected chi connectivity index (χ3v) is 5.86. The average molecular weight is 417 g/mol. The van der Waals surface area contributed by atoms with E-state index in [0.29, 0.717) is 44.4 Å². The van der Waals surface area contributed by atoms with Crippen LogP contribution in [0.3, 0.4) is 0 Å². The van der Waals surface area contributed by atoms with Crippen LogP contribution < -0.4 is 10.5 Å². The van der Waals surface area contributed by atoms with Crippen molar-refractivity contribution >= 4 is 11.9 Å². The zero-order valence-corrected chi connectivity index (χ0v) is 17.3. The minimum atomic E-state index is -0.593. The van der Waals surface area contributed by atoms with Gasteiger partial charge in [0.25, 0.3) is 11.5 Å². The second-order valence-electron chi connectivity index (χ2n) is 7.84. The Kier molecular flexibility index (Phi) is 4.99. The number of benzene rings is 1. The van der Waals surface area contributed by atoms with Crippen LogP contribution in [-0.2, 0) is 29.7 Å². The van der Waals surface area contributed by atoms with Gasteiger partial charge in [0, 0.05) is 50.7 Å². The molecule has 2 aromatic heterocycles. The van der Waals surface area contributed by atoms with Crippen molar-refractivity contribution in [3.63, 3.8) is 0 Å². The molecule has 1 unspecified atom stereocenters. The van der Waals surface area contributed by atoms with Gasteiger partial charge in [-0.2, -0.15) is 0 Å². The highest BCUT2D eigenvalue weighted by Crippen LogP contribution is 2.25. The number of aromatic nitrogens is 3. The first-order valence-electron chi connectivity index (χ1n) is 10.3. The van der Waals surface area contributed by atoms with E-state index >= 15 is 0 Å². The molecule has 0 N–H and O–H groups in total. The van der Waals surface area contributed by atoms with Crippen molar-refractivity contribution in [1.82, 2.24) is 19.4 Å². The topological polar surface area (TPSA) is 80.6 Å². The lowest BCUT2D eigenvalue weighted by Crippen LogP contribution is -2.51. The second kappa shape index (κ2) is 7.96. The predicted octanol–water partition coefficient (Wildman–Crippen LogP) is 1.59. The molecule has 5 rings (SSSR count). The number of carbonyl (C=O) groups is 1. The molecule has 1 amide bonds. The van der Waals surface area contributed by atoms with Crippen LogP contribution in [0.25, 0.3) is 11.3 Å². The van der Waals surface area contributed by atoms with Crippen molar-refractivity contribution in [3.8, 4) is 11.3 Å². The Bertz CT molecular complexity index is 1150. The fourth-order valence-electron chi connectivity index (χ4n) is 4.15. The Morgan fingerprint density at radius 1 is 1.10 bits per heavy atom. The van der Waals surface area contributed by atoms with Gasteiger partial charge in [0.2, 0.25) is 5.95 Å². The molecule has 2 aliphatic heterocycles. The van der Waals surface area contributed by atoms with Gasteiger partial charge in [-0.25, -0.2) is 4.98 Å². The molecule has 8 heteroatoms. The first kappa shape index (κ1) is 19.4. The van der Waals surface area contributed by atoms with E-state index in [1.165, 1.54) is 21.8 Å². The van der Waals surface area contributed by atoms with E-state index in [1.54, 1.807) is 19.4 Å². The standard InChI is InChI=1S/C23H23N5O3/c1-26-21(29)12-19(16-6-8-24-9-7-16)25-23(26)27-10-11-31-20(15-27)22(30)28-13-17-4-2-3-5-18(17)14-28/h2-9,12,20H,10-11,13-15H2,1H3.